The highest BCUT2D eigenvalue weighted by Gasteiger charge is 2.20. The summed E-state index contributed by atoms with van der Waals surface area (Å²) >= 11 is 7.53. The van der Waals surface area contributed by atoms with Gasteiger partial charge >= 0.3 is 0 Å². The van der Waals surface area contributed by atoms with Gasteiger partial charge in [0.2, 0.25) is 5.75 Å². The predicted octanol–water partition coefficient (Wildman–Crippen LogP) is 5.41. The summed E-state index contributed by atoms with van der Waals surface area (Å²) in [6, 6.07) is 11.0. The standard InChI is InChI=1S/C21H18ClFN2O3S/c1-27-18-9-13(10-19(20(18)26)28-7-6-23)8-16-11-25-12-17(24-21(25)29-16)14-2-4-15(22)5-3-14/h2-5,8-10,12,26H,6-7,11H2,1H3. The molecule has 5 nitrogen and oxygen atoms in total. The lowest BCUT2D eigenvalue weighted by molar-refractivity contribution is 0.258. The zero-order chi connectivity index (χ0) is 20.4. The second-order valence-corrected chi connectivity index (χ2v) is 7.89. The monoisotopic (exact) mass is 432 g/mol. The Hall–Kier alpha value is -2.64. The number of ether oxygens (including phenoxy) is 2. The molecule has 8 heteroatoms. The molecular formula is C21H18ClFN2O3S. The normalized spacial score (nSPS) is 14.2. The SMILES string of the molecule is COc1cc(C=C2Cn3cc(-c4ccc(Cl)cc4)nc3S2)cc(OCCF)c1O. The van der Waals surface area contributed by atoms with Gasteiger partial charge in [0.05, 0.1) is 19.3 Å². The van der Waals surface area contributed by atoms with Crippen LogP contribution in [0.5, 0.6) is 17.2 Å². The van der Waals surface area contributed by atoms with Crippen molar-refractivity contribution in [3.05, 3.63) is 58.1 Å². The lowest BCUT2D eigenvalue weighted by atomic mass is 10.1. The minimum absolute atomic E-state index is 0.131. The summed E-state index contributed by atoms with van der Waals surface area (Å²) in [5, 5.41) is 11.7. The van der Waals surface area contributed by atoms with Crippen molar-refractivity contribution >= 4 is 29.4 Å². The quantitative estimate of drug-likeness (QED) is 0.564. The molecule has 150 valence electrons. The molecule has 1 aliphatic heterocycles. The van der Waals surface area contributed by atoms with Crippen LogP contribution in [0.2, 0.25) is 5.02 Å². The molecule has 0 fully saturated rings. The van der Waals surface area contributed by atoms with Crippen molar-refractivity contribution < 1.29 is 19.0 Å². The molecule has 1 aliphatic rings. The van der Waals surface area contributed by atoms with Crippen LogP contribution in [-0.4, -0.2) is 35.0 Å². The first-order valence-corrected chi connectivity index (χ1v) is 10.1. The summed E-state index contributed by atoms with van der Waals surface area (Å²) in [4.78, 5) is 5.78. The van der Waals surface area contributed by atoms with Gasteiger partial charge in [-0.15, -0.1) is 0 Å². The van der Waals surface area contributed by atoms with Gasteiger partial charge in [0, 0.05) is 21.7 Å². The molecule has 1 N–H and O–H groups in total. The summed E-state index contributed by atoms with van der Waals surface area (Å²) in [5.74, 6) is 0.335. The maximum atomic E-state index is 12.4. The number of thioether (sulfide) groups is 1. The molecule has 0 spiro atoms. The number of aromatic nitrogens is 2. The van der Waals surface area contributed by atoms with Crippen molar-refractivity contribution in [1.82, 2.24) is 9.55 Å². The Kier molecular flexibility index (Phi) is 5.69. The minimum Gasteiger partial charge on any atom is -0.502 e. The van der Waals surface area contributed by atoms with E-state index in [0.717, 1.165) is 26.9 Å². The zero-order valence-electron chi connectivity index (χ0n) is 15.6. The van der Waals surface area contributed by atoms with E-state index in [0.29, 0.717) is 11.6 Å². The number of allylic oxidation sites excluding steroid dienone is 1. The summed E-state index contributed by atoms with van der Waals surface area (Å²) in [6.07, 6.45) is 3.99. The second kappa shape index (κ2) is 8.39. The number of imidazole rings is 1. The maximum absolute atomic E-state index is 12.4. The molecule has 4 rings (SSSR count). The summed E-state index contributed by atoms with van der Waals surface area (Å²) < 4.78 is 25.0. The summed E-state index contributed by atoms with van der Waals surface area (Å²) in [6.45, 7) is -0.0845. The average Bonchev–Trinajstić information content (AvgIpc) is 3.27. The summed E-state index contributed by atoms with van der Waals surface area (Å²) in [7, 11) is 1.46. The Bertz CT molecular complexity index is 1040. The Balaban J connectivity index is 1.56. The number of halogens is 2. The van der Waals surface area contributed by atoms with Gasteiger partial charge in [-0.1, -0.05) is 35.5 Å². The number of methoxy groups -OCH3 is 1. The number of benzene rings is 2. The van der Waals surface area contributed by atoms with E-state index in [-0.39, 0.29) is 23.9 Å². The van der Waals surface area contributed by atoms with Gasteiger partial charge in [-0.25, -0.2) is 9.37 Å². The first-order valence-electron chi connectivity index (χ1n) is 8.88. The van der Waals surface area contributed by atoms with Gasteiger partial charge in [-0.3, -0.25) is 0 Å². The molecular weight excluding hydrogens is 415 g/mol. The van der Waals surface area contributed by atoms with Crippen LogP contribution < -0.4 is 9.47 Å². The van der Waals surface area contributed by atoms with E-state index in [2.05, 4.69) is 4.57 Å². The van der Waals surface area contributed by atoms with E-state index in [4.69, 9.17) is 26.1 Å². The van der Waals surface area contributed by atoms with Gasteiger partial charge < -0.3 is 19.1 Å². The topological polar surface area (TPSA) is 56.5 Å². The van der Waals surface area contributed by atoms with Gasteiger partial charge in [0.15, 0.2) is 16.7 Å². The van der Waals surface area contributed by atoms with Gasteiger partial charge in [0.1, 0.15) is 13.3 Å². The Morgan fingerprint density at radius 1 is 1.28 bits per heavy atom. The van der Waals surface area contributed by atoms with Crippen LogP contribution >= 0.6 is 23.4 Å². The fraction of sp³-hybridized carbons (Fsp3) is 0.190. The van der Waals surface area contributed by atoms with Gasteiger partial charge in [-0.05, 0) is 35.9 Å². The Morgan fingerprint density at radius 3 is 2.72 bits per heavy atom. The molecule has 0 radical (unpaired) electrons. The highest BCUT2D eigenvalue weighted by atomic mass is 35.5. The van der Waals surface area contributed by atoms with Crippen molar-refractivity contribution in [3.8, 4) is 28.5 Å². The van der Waals surface area contributed by atoms with Crippen LogP contribution in [0.1, 0.15) is 5.56 Å². The maximum Gasteiger partial charge on any atom is 0.200 e. The zero-order valence-corrected chi connectivity index (χ0v) is 17.1. The third kappa shape index (κ3) is 4.21. The van der Waals surface area contributed by atoms with Gasteiger partial charge in [0.25, 0.3) is 0 Å². The first-order chi connectivity index (χ1) is 14.1. The molecule has 0 aliphatic carbocycles. The number of phenolic OH excluding ortho intramolecular Hbond substituents is 1. The number of hydrogen-bond acceptors (Lipinski definition) is 5. The first kappa shape index (κ1) is 19.7. The van der Waals surface area contributed by atoms with Crippen LogP contribution in [0.25, 0.3) is 17.3 Å². The molecule has 0 saturated carbocycles. The van der Waals surface area contributed by atoms with Crippen LogP contribution in [-0.2, 0) is 6.54 Å². The number of alkyl halides is 1. The molecule has 0 atom stereocenters. The van der Waals surface area contributed by atoms with Crippen molar-refractivity contribution in [1.29, 1.82) is 0 Å². The Labute approximate surface area is 176 Å². The second-order valence-electron chi connectivity index (χ2n) is 6.36. The molecule has 2 aromatic carbocycles. The Morgan fingerprint density at radius 2 is 2.03 bits per heavy atom. The lowest BCUT2D eigenvalue weighted by Crippen LogP contribution is -2.00. The molecule has 0 saturated heterocycles. The number of phenols is 1. The van der Waals surface area contributed by atoms with Crippen LogP contribution in [0.15, 0.2) is 52.7 Å². The smallest absolute Gasteiger partial charge is 0.200 e. The number of rotatable bonds is 6. The van der Waals surface area contributed by atoms with Crippen LogP contribution in [0, 0.1) is 0 Å². The molecule has 0 bridgehead atoms. The van der Waals surface area contributed by atoms with Crippen molar-refractivity contribution in [3.63, 3.8) is 0 Å². The van der Waals surface area contributed by atoms with Crippen LogP contribution in [0.4, 0.5) is 4.39 Å². The predicted molar refractivity (Wildman–Crippen MR) is 113 cm³/mol. The largest absolute Gasteiger partial charge is 0.502 e. The molecule has 0 amide bonds. The van der Waals surface area contributed by atoms with E-state index < -0.39 is 6.67 Å². The number of nitrogens with zero attached hydrogens (tertiary/aromatic N) is 2. The number of fused-ring (bicyclic) bond motifs is 1. The third-order valence-electron chi connectivity index (χ3n) is 4.37. The molecule has 2 heterocycles. The van der Waals surface area contributed by atoms with Gasteiger partial charge in [-0.2, -0.15) is 0 Å². The highest BCUT2D eigenvalue weighted by Crippen LogP contribution is 2.41. The third-order valence-corrected chi connectivity index (χ3v) is 5.64. The van der Waals surface area contributed by atoms with E-state index in [1.165, 1.54) is 7.11 Å². The van der Waals surface area contributed by atoms with E-state index in [1.54, 1.807) is 23.9 Å². The molecule has 1 aromatic heterocycles. The minimum atomic E-state index is -0.639. The molecule has 0 unspecified atom stereocenters. The van der Waals surface area contributed by atoms with Crippen LogP contribution in [0.3, 0.4) is 0 Å². The average molecular weight is 433 g/mol. The molecule has 29 heavy (non-hydrogen) atoms. The highest BCUT2D eigenvalue weighted by molar-refractivity contribution is 8.03. The van der Waals surface area contributed by atoms with Crippen molar-refractivity contribution in [2.45, 2.75) is 11.7 Å². The van der Waals surface area contributed by atoms with E-state index in [1.807, 2.05) is 36.5 Å². The fourth-order valence-corrected chi connectivity index (χ4v) is 4.17. The fourth-order valence-electron chi connectivity index (χ4n) is 3.03. The number of aromatic hydroxyl groups is 1. The summed E-state index contributed by atoms with van der Waals surface area (Å²) in [5.41, 5.74) is 2.71. The van der Waals surface area contributed by atoms with E-state index in [9.17, 15) is 9.50 Å². The number of hydrogen-bond donors (Lipinski definition) is 1. The van der Waals surface area contributed by atoms with Crippen molar-refractivity contribution in [2.75, 3.05) is 20.4 Å². The van der Waals surface area contributed by atoms with E-state index >= 15 is 0 Å². The lowest BCUT2D eigenvalue weighted by Gasteiger charge is -2.11. The van der Waals surface area contributed by atoms with Crippen molar-refractivity contribution in [2.24, 2.45) is 0 Å². The molecule has 3 aromatic rings.